The largest absolute Gasteiger partial charge is 0.372 e. The zero-order chi connectivity index (χ0) is 12.3. The highest BCUT2D eigenvalue weighted by molar-refractivity contribution is 5.86. The van der Waals surface area contributed by atoms with Crippen molar-refractivity contribution in [2.24, 2.45) is 0 Å². The van der Waals surface area contributed by atoms with Crippen LogP contribution in [0.2, 0.25) is 0 Å². The van der Waals surface area contributed by atoms with Crippen LogP contribution in [0.4, 0.5) is 5.69 Å². The monoisotopic (exact) mass is 229 g/mol. The molecule has 88 valence electrons. The molecule has 1 fully saturated rings. The lowest BCUT2D eigenvalue weighted by atomic mass is 10.0. The summed E-state index contributed by atoms with van der Waals surface area (Å²) in [5, 5.41) is 15.1. The van der Waals surface area contributed by atoms with E-state index < -0.39 is 0 Å². The van der Waals surface area contributed by atoms with Crippen molar-refractivity contribution in [1.29, 1.82) is 5.26 Å². The summed E-state index contributed by atoms with van der Waals surface area (Å²) in [5.41, 5.74) is 2.35. The first-order chi connectivity index (χ1) is 8.22. The second kappa shape index (κ2) is 4.88. The van der Waals surface area contributed by atoms with Gasteiger partial charge < -0.3 is 10.6 Å². The molecular formula is C13H15N3O. The Morgan fingerprint density at radius 2 is 2.35 bits per heavy atom. The van der Waals surface area contributed by atoms with Gasteiger partial charge in [-0.1, -0.05) is 12.1 Å². The van der Waals surface area contributed by atoms with Crippen molar-refractivity contribution in [3.63, 3.8) is 0 Å². The number of piperidine rings is 1. The highest BCUT2D eigenvalue weighted by Gasteiger charge is 2.22. The van der Waals surface area contributed by atoms with Crippen LogP contribution in [-0.4, -0.2) is 18.5 Å². The minimum atomic E-state index is -0.225. The molecule has 1 aromatic carbocycles. The van der Waals surface area contributed by atoms with Gasteiger partial charge in [-0.2, -0.15) is 5.26 Å². The van der Waals surface area contributed by atoms with Crippen molar-refractivity contribution < 1.29 is 4.79 Å². The summed E-state index contributed by atoms with van der Waals surface area (Å²) in [5.74, 6) is 0.0170. The van der Waals surface area contributed by atoms with Gasteiger partial charge in [0.1, 0.15) is 12.1 Å². The number of anilines is 1. The van der Waals surface area contributed by atoms with Gasteiger partial charge in [0.25, 0.3) is 0 Å². The van der Waals surface area contributed by atoms with Crippen LogP contribution >= 0.6 is 0 Å². The van der Waals surface area contributed by atoms with Gasteiger partial charge in [-0.3, -0.25) is 4.79 Å². The molecule has 0 spiro atoms. The van der Waals surface area contributed by atoms with Crippen LogP contribution in [0.3, 0.4) is 0 Å². The molecule has 1 saturated heterocycles. The molecule has 1 aromatic rings. The Bertz CT molecular complexity index is 476. The predicted octanol–water partition coefficient (Wildman–Crippen LogP) is 1.56. The number of aryl methyl sites for hydroxylation is 1. The number of benzene rings is 1. The summed E-state index contributed by atoms with van der Waals surface area (Å²) < 4.78 is 0. The van der Waals surface area contributed by atoms with Crippen LogP contribution < -0.4 is 10.6 Å². The minimum absolute atomic E-state index is 0.0170. The zero-order valence-corrected chi connectivity index (χ0v) is 9.79. The standard InChI is InChI=1S/C13H15N3O/c1-9-4-2-5-10(8-14)12(9)16-11-6-3-7-15-13(11)17/h2,4-5,11,16H,3,6-7H2,1H3,(H,15,17). The van der Waals surface area contributed by atoms with E-state index in [-0.39, 0.29) is 11.9 Å². The quantitative estimate of drug-likeness (QED) is 0.808. The Hall–Kier alpha value is -2.02. The van der Waals surface area contributed by atoms with E-state index in [4.69, 9.17) is 5.26 Å². The summed E-state index contributed by atoms with van der Waals surface area (Å²) in [4.78, 5) is 11.7. The number of nitrogens with one attached hydrogen (secondary N) is 2. The average molecular weight is 229 g/mol. The van der Waals surface area contributed by atoms with Crippen LogP contribution in [0.15, 0.2) is 18.2 Å². The molecule has 1 amide bonds. The Morgan fingerprint density at radius 1 is 1.53 bits per heavy atom. The molecule has 1 aliphatic heterocycles. The molecule has 2 N–H and O–H groups in total. The molecule has 2 rings (SSSR count). The van der Waals surface area contributed by atoms with Crippen molar-refractivity contribution in [1.82, 2.24) is 5.32 Å². The summed E-state index contributed by atoms with van der Waals surface area (Å²) in [6.45, 7) is 2.68. The summed E-state index contributed by atoms with van der Waals surface area (Å²) in [6, 6.07) is 7.46. The zero-order valence-electron chi connectivity index (χ0n) is 9.79. The lowest BCUT2D eigenvalue weighted by Crippen LogP contribution is -2.44. The van der Waals surface area contributed by atoms with E-state index in [9.17, 15) is 4.79 Å². The minimum Gasteiger partial charge on any atom is -0.372 e. The number of para-hydroxylation sites is 1. The molecule has 1 aliphatic rings. The van der Waals surface area contributed by atoms with E-state index in [1.54, 1.807) is 6.07 Å². The number of carbonyl (C=O) groups excluding carboxylic acids is 1. The fourth-order valence-electron chi connectivity index (χ4n) is 2.04. The van der Waals surface area contributed by atoms with Gasteiger partial charge in [-0.05, 0) is 31.4 Å². The number of amides is 1. The molecule has 1 unspecified atom stereocenters. The number of rotatable bonds is 2. The van der Waals surface area contributed by atoms with Gasteiger partial charge in [-0.15, -0.1) is 0 Å². The maximum absolute atomic E-state index is 11.7. The van der Waals surface area contributed by atoms with Crippen molar-refractivity contribution in [2.45, 2.75) is 25.8 Å². The Morgan fingerprint density at radius 3 is 3.06 bits per heavy atom. The molecule has 17 heavy (non-hydrogen) atoms. The van der Waals surface area contributed by atoms with E-state index in [1.807, 2.05) is 19.1 Å². The molecule has 1 atom stereocenters. The Balaban J connectivity index is 2.23. The second-order valence-electron chi connectivity index (χ2n) is 4.24. The third-order valence-corrected chi connectivity index (χ3v) is 3.00. The average Bonchev–Trinajstić information content (AvgIpc) is 2.34. The number of nitrogens with zero attached hydrogens (tertiary/aromatic N) is 1. The third kappa shape index (κ3) is 2.39. The van der Waals surface area contributed by atoms with Crippen LogP contribution in [0.1, 0.15) is 24.0 Å². The highest BCUT2D eigenvalue weighted by Crippen LogP contribution is 2.22. The van der Waals surface area contributed by atoms with Gasteiger partial charge in [0.15, 0.2) is 0 Å². The third-order valence-electron chi connectivity index (χ3n) is 3.00. The topological polar surface area (TPSA) is 64.9 Å². The number of hydrogen-bond acceptors (Lipinski definition) is 3. The summed E-state index contributed by atoms with van der Waals surface area (Å²) in [6.07, 6.45) is 1.78. The number of nitriles is 1. The van der Waals surface area contributed by atoms with Crippen LogP contribution in [0.25, 0.3) is 0 Å². The molecule has 0 saturated carbocycles. The van der Waals surface area contributed by atoms with Gasteiger partial charge in [0.05, 0.1) is 11.3 Å². The first-order valence-electron chi connectivity index (χ1n) is 5.76. The first kappa shape index (κ1) is 11.5. The Kier molecular flexibility index (Phi) is 3.29. The SMILES string of the molecule is Cc1cccc(C#N)c1NC1CCCNC1=O. The fourth-order valence-corrected chi connectivity index (χ4v) is 2.04. The van der Waals surface area contributed by atoms with E-state index in [1.165, 1.54) is 0 Å². The van der Waals surface area contributed by atoms with E-state index in [0.29, 0.717) is 5.56 Å². The highest BCUT2D eigenvalue weighted by atomic mass is 16.2. The molecule has 0 aromatic heterocycles. The van der Waals surface area contributed by atoms with Crippen LogP contribution in [0, 0.1) is 18.3 Å². The molecule has 4 heteroatoms. The molecule has 1 heterocycles. The lowest BCUT2D eigenvalue weighted by molar-refractivity contribution is -0.123. The maximum Gasteiger partial charge on any atom is 0.242 e. The van der Waals surface area contributed by atoms with Gasteiger partial charge in [0.2, 0.25) is 5.91 Å². The summed E-state index contributed by atoms with van der Waals surface area (Å²) in [7, 11) is 0. The fraction of sp³-hybridized carbons (Fsp3) is 0.385. The van der Waals surface area contributed by atoms with Crippen molar-refractivity contribution in [3.05, 3.63) is 29.3 Å². The van der Waals surface area contributed by atoms with Crippen molar-refractivity contribution in [3.8, 4) is 6.07 Å². The van der Waals surface area contributed by atoms with E-state index in [0.717, 1.165) is 30.6 Å². The van der Waals surface area contributed by atoms with E-state index >= 15 is 0 Å². The first-order valence-corrected chi connectivity index (χ1v) is 5.76. The van der Waals surface area contributed by atoms with Gasteiger partial charge in [0, 0.05) is 6.54 Å². The molecule has 0 bridgehead atoms. The molecule has 0 radical (unpaired) electrons. The van der Waals surface area contributed by atoms with Crippen molar-refractivity contribution >= 4 is 11.6 Å². The second-order valence-corrected chi connectivity index (χ2v) is 4.24. The smallest absolute Gasteiger partial charge is 0.242 e. The van der Waals surface area contributed by atoms with Crippen molar-refractivity contribution in [2.75, 3.05) is 11.9 Å². The summed E-state index contributed by atoms with van der Waals surface area (Å²) >= 11 is 0. The Labute approximate surface area is 101 Å². The molecule has 4 nitrogen and oxygen atoms in total. The molecular weight excluding hydrogens is 214 g/mol. The van der Waals surface area contributed by atoms with E-state index in [2.05, 4.69) is 16.7 Å². The van der Waals surface area contributed by atoms with Crippen LogP contribution in [-0.2, 0) is 4.79 Å². The predicted molar refractivity (Wildman–Crippen MR) is 65.5 cm³/mol. The number of carbonyl (C=O) groups is 1. The molecule has 0 aliphatic carbocycles. The van der Waals surface area contributed by atoms with Gasteiger partial charge in [-0.25, -0.2) is 0 Å². The normalized spacial score (nSPS) is 19.3. The number of hydrogen-bond donors (Lipinski definition) is 2. The maximum atomic E-state index is 11.7. The van der Waals surface area contributed by atoms with Crippen LogP contribution in [0.5, 0.6) is 0 Å². The lowest BCUT2D eigenvalue weighted by Gasteiger charge is -2.25. The van der Waals surface area contributed by atoms with Gasteiger partial charge >= 0.3 is 0 Å².